The Morgan fingerprint density at radius 2 is 1.52 bits per heavy atom. The second-order valence-electron chi connectivity index (χ2n) is 6.34. The van der Waals surface area contributed by atoms with E-state index in [-0.39, 0.29) is 10.6 Å². The fraction of sp³-hybridized carbons (Fsp3) is 0.222. The number of benzene rings is 2. The second kappa shape index (κ2) is 7.87. The summed E-state index contributed by atoms with van der Waals surface area (Å²) >= 11 is 15.8. The predicted octanol–water partition coefficient (Wildman–Crippen LogP) is 5.55. The van der Waals surface area contributed by atoms with Gasteiger partial charge in [0.1, 0.15) is 0 Å². The minimum Gasteiger partial charge on any atom is -0.267 e. The highest BCUT2D eigenvalue weighted by molar-refractivity contribution is 9.10. The molecule has 2 aromatic rings. The van der Waals surface area contributed by atoms with Crippen LogP contribution in [0.2, 0.25) is 5.02 Å². The SMILES string of the molecule is CC(C)(C)N(Cl)N(C(=O)c1ccc(Br)cc1)C(=O)c1ccccc1Cl. The first-order valence-electron chi connectivity index (χ1n) is 7.47. The summed E-state index contributed by atoms with van der Waals surface area (Å²) in [4.78, 5) is 26.0. The molecule has 0 radical (unpaired) electrons. The monoisotopic (exact) mass is 442 g/mol. The molecule has 0 saturated carbocycles. The fourth-order valence-electron chi connectivity index (χ4n) is 2.02. The summed E-state index contributed by atoms with van der Waals surface area (Å²) in [5, 5.41) is 1.16. The zero-order chi connectivity index (χ0) is 18.8. The van der Waals surface area contributed by atoms with E-state index in [0.717, 1.165) is 14.0 Å². The Hall–Kier alpha value is -1.40. The summed E-state index contributed by atoms with van der Waals surface area (Å²) in [7, 11) is 0. The Labute approximate surface area is 165 Å². The highest BCUT2D eigenvalue weighted by Crippen LogP contribution is 2.26. The topological polar surface area (TPSA) is 40.6 Å². The quantitative estimate of drug-likeness (QED) is 0.354. The van der Waals surface area contributed by atoms with E-state index >= 15 is 0 Å². The number of hydrogen-bond donors (Lipinski definition) is 0. The van der Waals surface area contributed by atoms with Gasteiger partial charge in [-0.15, -0.1) is 4.53 Å². The van der Waals surface area contributed by atoms with Gasteiger partial charge in [-0.25, -0.2) is 0 Å². The Kier molecular flexibility index (Phi) is 6.27. The van der Waals surface area contributed by atoms with Crippen LogP contribution in [0.3, 0.4) is 0 Å². The van der Waals surface area contributed by atoms with Crippen LogP contribution in [0.5, 0.6) is 0 Å². The molecule has 7 heteroatoms. The van der Waals surface area contributed by atoms with Gasteiger partial charge < -0.3 is 0 Å². The molecule has 0 spiro atoms. The number of carbonyl (C=O) groups excluding carboxylic acids is 2. The number of carbonyl (C=O) groups is 2. The minimum atomic E-state index is -0.677. The molecule has 2 amide bonds. The highest BCUT2D eigenvalue weighted by Gasteiger charge is 2.36. The molecule has 0 unspecified atom stereocenters. The third-order valence-corrected chi connectivity index (χ3v) is 4.83. The molecular formula is C18H17BrCl2N2O2. The van der Waals surface area contributed by atoms with Crippen molar-refractivity contribution in [2.75, 3.05) is 0 Å². The first-order valence-corrected chi connectivity index (χ1v) is 8.98. The maximum Gasteiger partial charge on any atom is 0.278 e. The van der Waals surface area contributed by atoms with Crippen molar-refractivity contribution in [3.05, 3.63) is 69.2 Å². The number of imide groups is 1. The Bertz CT molecular complexity index is 788. The van der Waals surface area contributed by atoms with Crippen molar-refractivity contribution in [3.8, 4) is 0 Å². The Balaban J connectivity index is 2.50. The van der Waals surface area contributed by atoms with Crippen molar-refractivity contribution in [1.29, 1.82) is 0 Å². The van der Waals surface area contributed by atoms with Crippen molar-refractivity contribution < 1.29 is 9.59 Å². The molecule has 0 saturated heterocycles. The summed E-state index contributed by atoms with van der Waals surface area (Å²) in [5.41, 5.74) is -0.147. The van der Waals surface area contributed by atoms with Crippen molar-refractivity contribution >= 4 is 51.1 Å². The molecule has 0 atom stereocenters. The highest BCUT2D eigenvalue weighted by atomic mass is 79.9. The summed E-state index contributed by atoms with van der Waals surface area (Å²) in [6.07, 6.45) is 0. The van der Waals surface area contributed by atoms with Gasteiger partial charge >= 0.3 is 0 Å². The third-order valence-electron chi connectivity index (χ3n) is 3.31. The first kappa shape index (κ1) is 19.9. The molecule has 4 nitrogen and oxygen atoms in total. The Morgan fingerprint density at radius 3 is 2.04 bits per heavy atom. The van der Waals surface area contributed by atoms with Crippen LogP contribution in [0.1, 0.15) is 41.5 Å². The van der Waals surface area contributed by atoms with E-state index in [1.165, 1.54) is 0 Å². The molecule has 2 aromatic carbocycles. The number of hydrazine groups is 1. The van der Waals surface area contributed by atoms with E-state index in [9.17, 15) is 9.59 Å². The van der Waals surface area contributed by atoms with Crippen molar-refractivity contribution in [1.82, 2.24) is 9.54 Å². The smallest absolute Gasteiger partial charge is 0.267 e. The van der Waals surface area contributed by atoms with Gasteiger partial charge in [0.25, 0.3) is 11.8 Å². The molecule has 0 aliphatic rings. The van der Waals surface area contributed by atoms with Gasteiger partial charge in [-0.3, -0.25) is 9.59 Å². The lowest BCUT2D eigenvalue weighted by Crippen LogP contribution is -2.53. The van der Waals surface area contributed by atoms with Crippen LogP contribution in [0, 0.1) is 0 Å². The van der Waals surface area contributed by atoms with Crippen LogP contribution in [0.4, 0.5) is 0 Å². The maximum absolute atomic E-state index is 13.0. The molecule has 2 rings (SSSR count). The van der Waals surface area contributed by atoms with E-state index in [1.54, 1.807) is 69.3 Å². The largest absolute Gasteiger partial charge is 0.278 e. The zero-order valence-corrected chi connectivity index (χ0v) is 17.1. The Morgan fingerprint density at radius 1 is 0.960 bits per heavy atom. The van der Waals surface area contributed by atoms with Crippen LogP contribution in [0.15, 0.2) is 53.0 Å². The molecule has 0 bridgehead atoms. The van der Waals surface area contributed by atoms with E-state index in [0.29, 0.717) is 5.56 Å². The van der Waals surface area contributed by atoms with Gasteiger partial charge in [-0.05, 0) is 57.2 Å². The van der Waals surface area contributed by atoms with Gasteiger partial charge in [0, 0.05) is 27.4 Å². The second-order valence-corrected chi connectivity index (χ2v) is 7.98. The summed E-state index contributed by atoms with van der Waals surface area (Å²) < 4.78 is 1.93. The average Bonchev–Trinajstić information content (AvgIpc) is 2.55. The van der Waals surface area contributed by atoms with Gasteiger partial charge in [0.05, 0.1) is 10.6 Å². The summed E-state index contributed by atoms with van der Waals surface area (Å²) in [5.74, 6) is -1.13. The fourth-order valence-corrected chi connectivity index (χ4v) is 2.63. The van der Waals surface area contributed by atoms with Crippen LogP contribution in [-0.4, -0.2) is 26.9 Å². The summed E-state index contributed by atoms with van der Waals surface area (Å²) in [6.45, 7) is 5.38. The normalized spacial score (nSPS) is 11.5. The lowest BCUT2D eigenvalue weighted by molar-refractivity contribution is 0.00545. The van der Waals surface area contributed by atoms with Gasteiger partial charge in [-0.2, -0.15) is 5.01 Å². The predicted molar refractivity (Wildman–Crippen MR) is 104 cm³/mol. The van der Waals surface area contributed by atoms with Crippen molar-refractivity contribution in [2.24, 2.45) is 0 Å². The molecule has 0 fully saturated rings. The average molecular weight is 444 g/mol. The molecule has 0 heterocycles. The van der Waals surface area contributed by atoms with E-state index in [2.05, 4.69) is 15.9 Å². The van der Waals surface area contributed by atoms with Crippen LogP contribution >= 0.6 is 39.3 Å². The third kappa shape index (κ3) is 4.61. The zero-order valence-electron chi connectivity index (χ0n) is 14.0. The molecule has 132 valence electrons. The molecule has 0 aliphatic heterocycles. The maximum atomic E-state index is 13.0. The van der Waals surface area contributed by atoms with Crippen LogP contribution in [-0.2, 0) is 0 Å². The number of amides is 2. The van der Waals surface area contributed by atoms with E-state index in [1.807, 2.05) is 0 Å². The van der Waals surface area contributed by atoms with Crippen LogP contribution < -0.4 is 0 Å². The summed E-state index contributed by atoms with van der Waals surface area (Å²) in [6, 6.07) is 13.2. The lowest BCUT2D eigenvalue weighted by Gasteiger charge is -2.36. The van der Waals surface area contributed by atoms with Gasteiger partial charge in [0.2, 0.25) is 0 Å². The first-order chi connectivity index (χ1) is 11.6. The van der Waals surface area contributed by atoms with Gasteiger partial charge in [0.15, 0.2) is 0 Å². The molecular weight excluding hydrogens is 427 g/mol. The molecule has 0 N–H and O–H groups in total. The number of hydrogen-bond acceptors (Lipinski definition) is 3. The molecule has 0 aromatic heterocycles. The lowest BCUT2D eigenvalue weighted by atomic mass is 10.1. The van der Waals surface area contributed by atoms with Crippen LogP contribution in [0.25, 0.3) is 0 Å². The standard InChI is InChI=1S/C18H17BrCl2N2O2/c1-18(2,3)23(21)22(16(24)12-8-10-13(19)11-9-12)17(25)14-6-4-5-7-15(14)20/h4-11H,1-3H3. The van der Waals surface area contributed by atoms with Crippen molar-refractivity contribution in [2.45, 2.75) is 26.3 Å². The number of halogens is 3. The number of rotatable bonds is 3. The molecule has 25 heavy (non-hydrogen) atoms. The minimum absolute atomic E-state index is 0.199. The van der Waals surface area contributed by atoms with E-state index in [4.69, 9.17) is 23.4 Å². The van der Waals surface area contributed by atoms with E-state index < -0.39 is 17.4 Å². The van der Waals surface area contributed by atoms with Crippen molar-refractivity contribution in [3.63, 3.8) is 0 Å². The molecule has 0 aliphatic carbocycles. The number of nitrogens with zero attached hydrogens (tertiary/aromatic N) is 2. The van der Waals surface area contributed by atoms with Gasteiger partial charge in [-0.1, -0.05) is 39.7 Å².